The second-order valence-corrected chi connectivity index (χ2v) is 5.44. The number of likely N-dealkylation sites (tertiary alicyclic amines) is 1. The summed E-state index contributed by atoms with van der Waals surface area (Å²) < 4.78 is 18.9. The molecule has 0 unspecified atom stereocenters. The largest absolute Gasteiger partial charge is 0.493 e. The summed E-state index contributed by atoms with van der Waals surface area (Å²) in [5.74, 6) is 0.0366. The third kappa shape index (κ3) is 2.57. The Morgan fingerprint density at radius 3 is 2.95 bits per heavy atom. The molecule has 3 rings (SSSR count). The van der Waals surface area contributed by atoms with Crippen molar-refractivity contribution in [2.75, 3.05) is 13.7 Å². The highest BCUT2D eigenvalue weighted by Gasteiger charge is 2.35. The van der Waals surface area contributed by atoms with Crippen LogP contribution in [-0.4, -0.2) is 36.4 Å². The van der Waals surface area contributed by atoms with E-state index >= 15 is 0 Å². The molecule has 2 aliphatic heterocycles. The van der Waals surface area contributed by atoms with E-state index in [2.05, 4.69) is 5.32 Å². The third-order valence-corrected chi connectivity index (χ3v) is 4.12. The molecule has 1 aromatic rings. The molecule has 1 fully saturated rings. The summed E-state index contributed by atoms with van der Waals surface area (Å²) in [4.78, 5) is 25.3. The number of hydrogen-bond donors (Lipinski definition) is 1. The van der Waals surface area contributed by atoms with Crippen LogP contribution >= 0.6 is 0 Å². The van der Waals surface area contributed by atoms with Gasteiger partial charge in [-0.1, -0.05) is 0 Å². The molecule has 6 heteroatoms. The van der Waals surface area contributed by atoms with Crippen LogP contribution in [0.15, 0.2) is 18.2 Å². The van der Waals surface area contributed by atoms with Crippen molar-refractivity contribution in [2.45, 2.75) is 31.3 Å². The fourth-order valence-corrected chi connectivity index (χ4v) is 2.89. The zero-order valence-electron chi connectivity index (χ0n) is 11.8. The maximum absolute atomic E-state index is 13.4. The lowest BCUT2D eigenvalue weighted by molar-refractivity contribution is -0.134. The van der Waals surface area contributed by atoms with E-state index in [0.717, 1.165) is 0 Å². The van der Waals surface area contributed by atoms with Gasteiger partial charge >= 0.3 is 0 Å². The Bertz CT molecular complexity index is 590. The van der Waals surface area contributed by atoms with Gasteiger partial charge in [0.25, 0.3) is 0 Å². The first kappa shape index (κ1) is 13.9. The van der Waals surface area contributed by atoms with Gasteiger partial charge in [-0.3, -0.25) is 9.59 Å². The molecule has 1 aromatic carbocycles. The Morgan fingerprint density at radius 2 is 2.24 bits per heavy atom. The molecular weight excluding hydrogens is 275 g/mol. The van der Waals surface area contributed by atoms with Crippen molar-refractivity contribution in [3.8, 4) is 5.75 Å². The van der Waals surface area contributed by atoms with Gasteiger partial charge in [0.05, 0.1) is 12.6 Å². The monoisotopic (exact) mass is 292 g/mol. The Balaban J connectivity index is 1.76. The molecular formula is C15H17FN2O3. The van der Waals surface area contributed by atoms with Gasteiger partial charge in [0, 0.05) is 25.5 Å². The summed E-state index contributed by atoms with van der Waals surface area (Å²) in [6, 6.07) is 3.60. The van der Waals surface area contributed by atoms with Crippen LogP contribution in [0.2, 0.25) is 0 Å². The fourth-order valence-electron chi connectivity index (χ4n) is 2.89. The molecule has 0 radical (unpaired) electrons. The van der Waals surface area contributed by atoms with Gasteiger partial charge in [0.1, 0.15) is 17.6 Å². The number of hydrogen-bond acceptors (Lipinski definition) is 3. The normalized spacial score (nSPS) is 24.5. The zero-order chi connectivity index (χ0) is 15.0. The lowest BCUT2D eigenvalue weighted by Crippen LogP contribution is -2.44. The minimum Gasteiger partial charge on any atom is -0.493 e. The quantitative estimate of drug-likeness (QED) is 0.896. The summed E-state index contributed by atoms with van der Waals surface area (Å²) in [7, 11) is 1.64. The number of halogens is 1. The molecule has 112 valence electrons. The number of ether oxygens (including phenoxy) is 1. The number of fused-ring (bicyclic) bond motifs is 1. The molecule has 1 N–H and O–H groups in total. The van der Waals surface area contributed by atoms with Crippen molar-refractivity contribution in [1.82, 2.24) is 10.2 Å². The van der Waals surface area contributed by atoms with Crippen molar-refractivity contribution >= 4 is 11.8 Å². The second kappa shape index (κ2) is 5.35. The SMILES string of the molecule is CN1C(=O)CC[C@H]1C(=O)N[C@@H]1CCOc2ccc(F)cc21. The summed E-state index contributed by atoms with van der Waals surface area (Å²) >= 11 is 0. The highest BCUT2D eigenvalue weighted by atomic mass is 19.1. The molecule has 2 heterocycles. The predicted molar refractivity (Wildman–Crippen MR) is 73.2 cm³/mol. The molecule has 1 saturated heterocycles. The predicted octanol–water partition coefficient (Wildman–Crippen LogP) is 1.39. The van der Waals surface area contributed by atoms with Crippen LogP contribution in [0.5, 0.6) is 5.75 Å². The van der Waals surface area contributed by atoms with Crippen molar-refractivity contribution in [1.29, 1.82) is 0 Å². The van der Waals surface area contributed by atoms with E-state index < -0.39 is 6.04 Å². The van der Waals surface area contributed by atoms with E-state index in [1.165, 1.54) is 17.0 Å². The summed E-state index contributed by atoms with van der Waals surface area (Å²) in [5, 5.41) is 2.92. The number of rotatable bonds is 2. The highest BCUT2D eigenvalue weighted by Crippen LogP contribution is 2.32. The van der Waals surface area contributed by atoms with Crippen LogP contribution in [0, 0.1) is 5.82 Å². The molecule has 2 aliphatic rings. The molecule has 2 amide bonds. The van der Waals surface area contributed by atoms with Crippen LogP contribution in [0.3, 0.4) is 0 Å². The fraction of sp³-hybridized carbons (Fsp3) is 0.467. The number of benzene rings is 1. The van der Waals surface area contributed by atoms with Crippen molar-refractivity contribution in [3.63, 3.8) is 0 Å². The van der Waals surface area contributed by atoms with Gasteiger partial charge in [-0.25, -0.2) is 4.39 Å². The molecule has 2 atom stereocenters. The summed E-state index contributed by atoms with van der Waals surface area (Å²) in [6.45, 7) is 0.475. The van der Waals surface area contributed by atoms with Crippen LogP contribution in [-0.2, 0) is 9.59 Å². The minimum atomic E-state index is -0.433. The Kier molecular flexibility index (Phi) is 3.53. The minimum absolute atomic E-state index is 0.0198. The number of carbonyl (C=O) groups is 2. The first-order chi connectivity index (χ1) is 10.1. The van der Waals surface area contributed by atoms with Crippen LogP contribution in [0.25, 0.3) is 0 Å². The smallest absolute Gasteiger partial charge is 0.243 e. The number of carbonyl (C=O) groups excluding carboxylic acids is 2. The summed E-state index contributed by atoms with van der Waals surface area (Å²) in [6.07, 6.45) is 1.51. The Morgan fingerprint density at radius 1 is 1.43 bits per heavy atom. The van der Waals surface area contributed by atoms with Gasteiger partial charge in [-0.15, -0.1) is 0 Å². The van der Waals surface area contributed by atoms with Crippen molar-refractivity contribution < 1.29 is 18.7 Å². The molecule has 5 nitrogen and oxygen atoms in total. The molecule has 0 aliphatic carbocycles. The van der Waals surface area contributed by atoms with E-state index in [-0.39, 0.29) is 23.7 Å². The van der Waals surface area contributed by atoms with Crippen LogP contribution in [0.4, 0.5) is 4.39 Å². The first-order valence-corrected chi connectivity index (χ1v) is 7.04. The highest BCUT2D eigenvalue weighted by molar-refractivity contribution is 5.90. The van der Waals surface area contributed by atoms with Gasteiger partial charge in [0.15, 0.2) is 0 Å². The Labute approximate surface area is 122 Å². The summed E-state index contributed by atoms with van der Waals surface area (Å²) in [5.41, 5.74) is 0.654. The molecule has 21 heavy (non-hydrogen) atoms. The first-order valence-electron chi connectivity index (χ1n) is 7.04. The van der Waals surface area contributed by atoms with E-state index in [0.29, 0.717) is 37.2 Å². The molecule has 0 bridgehead atoms. The van der Waals surface area contributed by atoms with E-state index in [9.17, 15) is 14.0 Å². The maximum atomic E-state index is 13.4. The van der Waals surface area contributed by atoms with Crippen molar-refractivity contribution in [2.24, 2.45) is 0 Å². The number of amides is 2. The van der Waals surface area contributed by atoms with Gasteiger partial charge in [-0.05, 0) is 24.6 Å². The van der Waals surface area contributed by atoms with E-state index in [4.69, 9.17) is 4.74 Å². The zero-order valence-corrected chi connectivity index (χ0v) is 11.8. The van der Waals surface area contributed by atoms with Crippen molar-refractivity contribution in [3.05, 3.63) is 29.6 Å². The van der Waals surface area contributed by atoms with Gasteiger partial charge < -0.3 is 15.0 Å². The number of likely N-dealkylation sites (N-methyl/N-ethyl adjacent to an activating group) is 1. The molecule has 0 saturated carbocycles. The molecule has 0 spiro atoms. The van der Waals surface area contributed by atoms with E-state index in [1.54, 1.807) is 13.1 Å². The maximum Gasteiger partial charge on any atom is 0.243 e. The number of nitrogens with zero attached hydrogens (tertiary/aromatic N) is 1. The average Bonchev–Trinajstić information content (AvgIpc) is 2.80. The van der Waals surface area contributed by atoms with Crippen LogP contribution < -0.4 is 10.1 Å². The number of nitrogens with one attached hydrogen (secondary N) is 1. The average molecular weight is 292 g/mol. The van der Waals surface area contributed by atoms with Gasteiger partial charge in [-0.2, -0.15) is 0 Å². The third-order valence-electron chi connectivity index (χ3n) is 4.12. The van der Waals surface area contributed by atoms with E-state index in [1.807, 2.05) is 0 Å². The molecule has 0 aromatic heterocycles. The van der Waals surface area contributed by atoms with Crippen LogP contribution in [0.1, 0.15) is 30.9 Å². The second-order valence-electron chi connectivity index (χ2n) is 5.44. The lowest BCUT2D eigenvalue weighted by atomic mass is 10.00. The Hall–Kier alpha value is -2.11. The lowest BCUT2D eigenvalue weighted by Gasteiger charge is -2.28. The topological polar surface area (TPSA) is 58.6 Å². The van der Waals surface area contributed by atoms with Gasteiger partial charge in [0.2, 0.25) is 11.8 Å². The standard InChI is InChI=1S/C15H17FN2O3/c1-18-12(3-5-14(18)19)15(20)17-11-6-7-21-13-4-2-9(16)8-10(11)13/h2,4,8,11-12H,3,5-7H2,1H3,(H,17,20)/t11-,12+/m1/s1.